The molecule has 1 fully saturated rings. The van der Waals surface area contributed by atoms with Crippen LogP contribution in [0, 0.1) is 17.8 Å². The second kappa shape index (κ2) is 4.15. The molecule has 112 valence electrons. The second-order valence-electron chi connectivity index (χ2n) is 7.43. The standard InChI is InChI=1S/C16H24O4/c1-9-6-7-11-10(8-9)12-13(17)18-16(4,5)20-14(12)19-15(11,2)3/h9-11H,6-8H2,1-5H3/t9-,10+,11+/m1/s1. The van der Waals surface area contributed by atoms with Crippen molar-refractivity contribution in [2.75, 3.05) is 0 Å². The Morgan fingerprint density at radius 2 is 1.75 bits per heavy atom. The topological polar surface area (TPSA) is 44.8 Å². The summed E-state index contributed by atoms with van der Waals surface area (Å²) in [6.07, 6.45) is 3.29. The van der Waals surface area contributed by atoms with E-state index in [2.05, 4.69) is 20.8 Å². The van der Waals surface area contributed by atoms with E-state index in [1.54, 1.807) is 13.8 Å². The quantitative estimate of drug-likeness (QED) is 0.638. The van der Waals surface area contributed by atoms with Gasteiger partial charge in [-0.2, -0.15) is 0 Å². The van der Waals surface area contributed by atoms with Gasteiger partial charge in [-0.15, -0.1) is 0 Å². The smallest absolute Gasteiger partial charge is 0.344 e. The van der Waals surface area contributed by atoms with Crippen molar-refractivity contribution >= 4 is 5.97 Å². The maximum Gasteiger partial charge on any atom is 0.344 e. The minimum Gasteiger partial charge on any atom is -0.459 e. The largest absolute Gasteiger partial charge is 0.459 e. The Hall–Kier alpha value is -1.19. The molecule has 0 unspecified atom stereocenters. The van der Waals surface area contributed by atoms with E-state index in [0.29, 0.717) is 23.4 Å². The van der Waals surface area contributed by atoms with Crippen LogP contribution in [0.3, 0.4) is 0 Å². The van der Waals surface area contributed by atoms with Crippen molar-refractivity contribution in [3.05, 3.63) is 11.5 Å². The maximum absolute atomic E-state index is 12.4. The van der Waals surface area contributed by atoms with Crippen LogP contribution < -0.4 is 0 Å². The van der Waals surface area contributed by atoms with E-state index in [9.17, 15) is 4.79 Å². The molecule has 2 heterocycles. The van der Waals surface area contributed by atoms with E-state index < -0.39 is 5.79 Å². The van der Waals surface area contributed by atoms with Gasteiger partial charge in [0.1, 0.15) is 11.2 Å². The second-order valence-corrected chi connectivity index (χ2v) is 7.43. The summed E-state index contributed by atoms with van der Waals surface area (Å²) in [5.41, 5.74) is 0.331. The number of esters is 1. The van der Waals surface area contributed by atoms with E-state index in [1.165, 1.54) is 6.42 Å². The van der Waals surface area contributed by atoms with E-state index in [4.69, 9.17) is 14.2 Å². The Morgan fingerprint density at radius 1 is 1.05 bits per heavy atom. The highest BCUT2D eigenvalue weighted by Crippen LogP contribution is 2.51. The molecule has 0 spiro atoms. The minimum absolute atomic E-state index is 0.195. The number of ether oxygens (including phenoxy) is 3. The number of hydrogen-bond acceptors (Lipinski definition) is 4. The summed E-state index contributed by atoms with van der Waals surface area (Å²) in [5.74, 6) is 0.360. The van der Waals surface area contributed by atoms with Crippen molar-refractivity contribution in [1.82, 2.24) is 0 Å². The summed E-state index contributed by atoms with van der Waals surface area (Å²) >= 11 is 0. The van der Waals surface area contributed by atoms with Gasteiger partial charge in [0, 0.05) is 25.7 Å². The van der Waals surface area contributed by atoms with Crippen LogP contribution in [0.2, 0.25) is 0 Å². The van der Waals surface area contributed by atoms with Crippen molar-refractivity contribution in [3.8, 4) is 0 Å². The molecule has 0 aromatic carbocycles. The summed E-state index contributed by atoms with van der Waals surface area (Å²) < 4.78 is 17.2. The molecular formula is C16H24O4. The molecule has 3 aliphatic rings. The number of carbonyl (C=O) groups excluding carboxylic acids is 1. The highest BCUT2D eigenvalue weighted by Gasteiger charge is 2.53. The van der Waals surface area contributed by atoms with Crippen LogP contribution in [0.1, 0.15) is 53.9 Å². The lowest BCUT2D eigenvalue weighted by atomic mass is 9.64. The normalized spacial score (nSPS) is 38.0. The lowest BCUT2D eigenvalue weighted by Crippen LogP contribution is -2.51. The van der Waals surface area contributed by atoms with E-state index in [0.717, 1.165) is 12.8 Å². The first-order chi connectivity index (χ1) is 9.20. The van der Waals surface area contributed by atoms with Crippen LogP contribution >= 0.6 is 0 Å². The molecule has 0 bridgehead atoms. The first kappa shape index (κ1) is 13.8. The van der Waals surface area contributed by atoms with Crippen LogP contribution in [0.4, 0.5) is 0 Å². The SMILES string of the molecule is C[C@@H]1CC[C@H]2[C@H](C1)C1=C(OC(C)(C)OC1=O)OC2(C)C. The lowest BCUT2D eigenvalue weighted by Gasteiger charge is -2.50. The van der Waals surface area contributed by atoms with E-state index >= 15 is 0 Å². The number of hydrogen-bond donors (Lipinski definition) is 0. The fourth-order valence-corrected chi connectivity index (χ4v) is 3.89. The van der Waals surface area contributed by atoms with Crippen LogP contribution in [0.25, 0.3) is 0 Å². The molecule has 4 heteroatoms. The van der Waals surface area contributed by atoms with Gasteiger partial charge in [0.25, 0.3) is 11.7 Å². The predicted octanol–water partition coefficient (Wildman–Crippen LogP) is 3.37. The Morgan fingerprint density at radius 3 is 2.45 bits per heavy atom. The Labute approximate surface area is 120 Å². The molecule has 4 nitrogen and oxygen atoms in total. The van der Waals surface area contributed by atoms with Crippen molar-refractivity contribution < 1.29 is 19.0 Å². The van der Waals surface area contributed by atoms with Crippen LogP contribution in [0.15, 0.2) is 11.5 Å². The van der Waals surface area contributed by atoms with Crippen molar-refractivity contribution in [3.63, 3.8) is 0 Å². The fraction of sp³-hybridized carbons (Fsp3) is 0.812. The van der Waals surface area contributed by atoms with Gasteiger partial charge in [0.2, 0.25) is 0 Å². The van der Waals surface area contributed by atoms with Gasteiger partial charge in [0.15, 0.2) is 0 Å². The third kappa shape index (κ3) is 2.09. The minimum atomic E-state index is -0.945. The van der Waals surface area contributed by atoms with Crippen molar-refractivity contribution in [2.24, 2.45) is 17.8 Å². The van der Waals surface area contributed by atoms with Gasteiger partial charge in [0.05, 0.1) is 0 Å². The first-order valence-corrected chi connectivity index (χ1v) is 7.55. The summed E-state index contributed by atoms with van der Waals surface area (Å²) in [4.78, 5) is 12.4. The van der Waals surface area contributed by atoms with Crippen molar-refractivity contribution in [1.29, 1.82) is 0 Å². The first-order valence-electron chi connectivity index (χ1n) is 7.55. The van der Waals surface area contributed by atoms with Crippen LogP contribution in [-0.4, -0.2) is 17.4 Å². The average molecular weight is 280 g/mol. The third-order valence-electron chi connectivity index (χ3n) is 4.85. The zero-order valence-electron chi connectivity index (χ0n) is 13.0. The van der Waals surface area contributed by atoms with Crippen molar-refractivity contribution in [2.45, 2.75) is 65.3 Å². The zero-order valence-corrected chi connectivity index (χ0v) is 13.0. The average Bonchev–Trinajstić information content (AvgIpc) is 2.24. The molecule has 0 saturated heterocycles. The zero-order chi connectivity index (χ0) is 14.7. The highest BCUT2D eigenvalue weighted by atomic mass is 16.8. The summed E-state index contributed by atoms with van der Waals surface area (Å²) in [5, 5.41) is 0. The molecule has 1 saturated carbocycles. The summed E-state index contributed by atoms with van der Waals surface area (Å²) in [6, 6.07) is 0. The predicted molar refractivity (Wildman–Crippen MR) is 73.4 cm³/mol. The molecule has 20 heavy (non-hydrogen) atoms. The van der Waals surface area contributed by atoms with Gasteiger partial charge in [-0.05, 0) is 32.6 Å². The fourth-order valence-electron chi connectivity index (χ4n) is 3.89. The number of rotatable bonds is 0. The van der Waals surface area contributed by atoms with Gasteiger partial charge >= 0.3 is 5.97 Å². The molecule has 0 N–H and O–H groups in total. The number of cyclic esters (lactones) is 1. The molecular weight excluding hydrogens is 256 g/mol. The third-order valence-corrected chi connectivity index (χ3v) is 4.85. The van der Waals surface area contributed by atoms with Crippen LogP contribution in [-0.2, 0) is 19.0 Å². The molecule has 0 aromatic rings. The van der Waals surface area contributed by atoms with Gasteiger partial charge in [-0.1, -0.05) is 13.3 Å². The number of carbonyl (C=O) groups is 1. The van der Waals surface area contributed by atoms with E-state index in [1.807, 2.05) is 0 Å². The monoisotopic (exact) mass is 280 g/mol. The molecule has 2 aliphatic heterocycles. The molecule has 0 radical (unpaired) electrons. The van der Waals surface area contributed by atoms with Crippen LogP contribution in [0.5, 0.6) is 0 Å². The number of fused-ring (bicyclic) bond motifs is 2. The van der Waals surface area contributed by atoms with E-state index in [-0.39, 0.29) is 17.5 Å². The molecule has 3 rings (SSSR count). The molecule has 3 atom stereocenters. The van der Waals surface area contributed by atoms with Gasteiger partial charge in [-0.25, -0.2) is 4.79 Å². The Balaban J connectivity index is 2.04. The summed E-state index contributed by atoms with van der Waals surface area (Å²) in [6.45, 7) is 9.92. The van der Waals surface area contributed by atoms with Gasteiger partial charge in [-0.3, -0.25) is 0 Å². The lowest BCUT2D eigenvalue weighted by molar-refractivity contribution is -0.252. The molecule has 0 amide bonds. The highest BCUT2D eigenvalue weighted by molar-refractivity contribution is 5.90. The molecule has 1 aliphatic carbocycles. The Kier molecular flexibility index (Phi) is 2.86. The maximum atomic E-state index is 12.4. The Bertz CT molecular complexity index is 475. The van der Waals surface area contributed by atoms with Gasteiger partial charge < -0.3 is 14.2 Å². The summed E-state index contributed by atoms with van der Waals surface area (Å²) in [7, 11) is 0. The molecule has 0 aromatic heterocycles.